The molecule has 1 unspecified atom stereocenters. The van der Waals surface area contributed by atoms with E-state index < -0.39 is 22.4 Å². The van der Waals surface area contributed by atoms with Gasteiger partial charge in [-0.3, -0.25) is 5.14 Å². The summed E-state index contributed by atoms with van der Waals surface area (Å²) in [5.74, 6) is 0. The van der Waals surface area contributed by atoms with Gasteiger partial charge in [0.15, 0.2) is 0 Å². The van der Waals surface area contributed by atoms with E-state index in [4.69, 9.17) is 5.14 Å². The van der Waals surface area contributed by atoms with Gasteiger partial charge in [-0.25, -0.2) is 8.60 Å². The lowest BCUT2D eigenvalue weighted by Gasteiger charge is -2.22. The summed E-state index contributed by atoms with van der Waals surface area (Å²) < 4.78 is 23.5. The van der Waals surface area contributed by atoms with Crippen LogP contribution in [0.5, 0.6) is 0 Å². The molecule has 0 aliphatic heterocycles. The van der Waals surface area contributed by atoms with E-state index >= 15 is 0 Å². The minimum atomic E-state index is -1.46. The second-order valence-electron chi connectivity index (χ2n) is 2.67. The first-order valence-electron chi connectivity index (χ1n) is 3.51. The molecule has 2 N–H and O–H groups in total. The maximum Gasteiger partial charge on any atom is 0.116 e. The molecule has 60 valence electrons. The van der Waals surface area contributed by atoms with Crippen LogP contribution in [0.4, 0.5) is 4.39 Å². The first-order chi connectivity index (χ1) is 4.72. The summed E-state index contributed by atoms with van der Waals surface area (Å²) in [6.07, 6.45) is 2.17. The van der Waals surface area contributed by atoms with E-state index in [9.17, 15) is 8.60 Å². The van der Waals surface area contributed by atoms with Crippen LogP contribution in [0.25, 0.3) is 0 Å². The number of halogens is 1. The summed E-state index contributed by atoms with van der Waals surface area (Å²) in [5, 5.41) is 4.70. The summed E-state index contributed by atoms with van der Waals surface area (Å²) in [6, 6.07) is 0. The Hall–Kier alpha value is 0.0400. The largest absolute Gasteiger partial charge is 0.251 e. The Morgan fingerprint density at radius 2 is 2.00 bits per heavy atom. The summed E-state index contributed by atoms with van der Waals surface area (Å²) >= 11 is 0. The predicted molar refractivity (Wildman–Crippen MR) is 39.5 cm³/mol. The van der Waals surface area contributed by atoms with E-state index in [1.54, 1.807) is 0 Å². The molecule has 10 heavy (non-hydrogen) atoms. The topological polar surface area (TPSA) is 43.1 Å². The van der Waals surface area contributed by atoms with Gasteiger partial charge in [0.2, 0.25) is 0 Å². The van der Waals surface area contributed by atoms with Gasteiger partial charge in [-0.15, -0.1) is 0 Å². The van der Waals surface area contributed by atoms with Crippen LogP contribution in [0.15, 0.2) is 0 Å². The molecule has 1 saturated carbocycles. The molecule has 0 radical (unpaired) electrons. The second kappa shape index (κ2) is 3.44. The lowest BCUT2D eigenvalue weighted by Crippen LogP contribution is -2.33. The third kappa shape index (κ3) is 1.76. The number of alkyl halides is 1. The van der Waals surface area contributed by atoms with Gasteiger partial charge >= 0.3 is 0 Å². The third-order valence-corrected chi connectivity index (χ3v) is 3.05. The number of hydrogen-bond acceptors (Lipinski definition) is 1. The molecule has 1 aliphatic rings. The Morgan fingerprint density at radius 3 is 2.40 bits per heavy atom. The zero-order chi connectivity index (χ0) is 7.56. The van der Waals surface area contributed by atoms with Crippen molar-refractivity contribution in [3.8, 4) is 0 Å². The summed E-state index contributed by atoms with van der Waals surface area (Å²) in [7, 11) is -1.46. The molecule has 0 aromatic heterocycles. The van der Waals surface area contributed by atoms with E-state index in [0.717, 1.165) is 12.8 Å². The molecular formula is C6H12FNOS. The Morgan fingerprint density at radius 1 is 1.40 bits per heavy atom. The van der Waals surface area contributed by atoms with Crippen LogP contribution in [0, 0.1) is 0 Å². The van der Waals surface area contributed by atoms with Gasteiger partial charge in [-0.2, -0.15) is 0 Å². The monoisotopic (exact) mass is 165 g/mol. The van der Waals surface area contributed by atoms with Crippen molar-refractivity contribution in [2.75, 3.05) is 0 Å². The van der Waals surface area contributed by atoms with E-state index in [2.05, 4.69) is 0 Å². The van der Waals surface area contributed by atoms with Crippen molar-refractivity contribution in [2.24, 2.45) is 5.14 Å². The molecule has 1 fully saturated rings. The first-order valence-corrected chi connectivity index (χ1v) is 4.78. The van der Waals surface area contributed by atoms with Crippen LogP contribution < -0.4 is 5.14 Å². The predicted octanol–water partition coefficient (Wildman–Crippen LogP) is 0.890. The van der Waals surface area contributed by atoms with Crippen LogP contribution in [-0.2, 0) is 11.0 Å². The van der Waals surface area contributed by atoms with Gasteiger partial charge in [0.1, 0.15) is 6.17 Å². The molecule has 0 saturated heterocycles. The standard InChI is InChI=1S/C6H12FNOS/c7-5-3-1-2-4-6(5)10(8)9/h5-6H,1-4,8H2/t5-,6+,10?/m0/s1. The fraction of sp³-hybridized carbons (Fsp3) is 1.00. The zero-order valence-corrected chi connectivity index (χ0v) is 6.57. The van der Waals surface area contributed by atoms with Crippen molar-refractivity contribution >= 4 is 11.0 Å². The highest BCUT2D eigenvalue weighted by molar-refractivity contribution is 7.83. The first kappa shape index (κ1) is 8.14. The van der Waals surface area contributed by atoms with Crippen molar-refractivity contribution in [2.45, 2.75) is 37.1 Å². The van der Waals surface area contributed by atoms with Crippen molar-refractivity contribution in [3.63, 3.8) is 0 Å². The molecule has 0 bridgehead atoms. The molecule has 0 aromatic carbocycles. The van der Waals surface area contributed by atoms with E-state index in [0.29, 0.717) is 12.8 Å². The second-order valence-corrected chi connectivity index (χ2v) is 3.93. The van der Waals surface area contributed by atoms with Gasteiger partial charge in [0.25, 0.3) is 0 Å². The lowest BCUT2D eigenvalue weighted by molar-refractivity contribution is 0.257. The van der Waals surface area contributed by atoms with Gasteiger partial charge in [0.05, 0.1) is 16.2 Å². The molecular weight excluding hydrogens is 153 g/mol. The smallest absolute Gasteiger partial charge is 0.116 e. The Balaban J connectivity index is 2.47. The zero-order valence-electron chi connectivity index (χ0n) is 5.75. The van der Waals surface area contributed by atoms with Crippen molar-refractivity contribution < 1.29 is 8.60 Å². The fourth-order valence-corrected chi connectivity index (χ4v) is 2.14. The van der Waals surface area contributed by atoms with Crippen LogP contribution in [0.1, 0.15) is 25.7 Å². The van der Waals surface area contributed by atoms with Gasteiger partial charge in [-0.05, 0) is 12.8 Å². The molecule has 0 amide bonds. The average Bonchev–Trinajstić information content (AvgIpc) is 1.88. The van der Waals surface area contributed by atoms with E-state index in [1.165, 1.54) is 0 Å². The van der Waals surface area contributed by atoms with Crippen molar-refractivity contribution in [1.29, 1.82) is 0 Å². The Labute approximate surface area is 62.6 Å². The van der Waals surface area contributed by atoms with Crippen molar-refractivity contribution in [1.82, 2.24) is 0 Å². The van der Waals surface area contributed by atoms with Crippen LogP contribution in [-0.4, -0.2) is 15.6 Å². The molecule has 0 spiro atoms. The third-order valence-electron chi connectivity index (χ3n) is 1.92. The summed E-state index contributed by atoms with van der Waals surface area (Å²) in [4.78, 5) is 0. The number of rotatable bonds is 1. The van der Waals surface area contributed by atoms with Gasteiger partial charge < -0.3 is 0 Å². The molecule has 4 heteroatoms. The maximum atomic E-state index is 12.8. The molecule has 0 aromatic rings. The van der Waals surface area contributed by atoms with E-state index in [-0.39, 0.29) is 0 Å². The van der Waals surface area contributed by atoms with Crippen LogP contribution >= 0.6 is 0 Å². The van der Waals surface area contributed by atoms with Crippen LogP contribution in [0.3, 0.4) is 0 Å². The highest BCUT2D eigenvalue weighted by Crippen LogP contribution is 2.23. The number of nitrogens with two attached hydrogens (primary N) is 1. The highest BCUT2D eigenvalue weighted by Gasteiger charge is 2.27. The Bertz CT molecular complexity index is 142. The van der Waals surface area contributed by atoms with Crippen molar-refractivity contribution in [3.05, 3.63) is 0 Å². The Kier molecular flexibility index (Phi) is 2.80. The average molecular weight is 165 g/mol. The van der Waals surface area contributed by atoms with Gasteiger partial charge in [0, 0.05) is 0 Å². The lowest BCUT2D eigenvalue weighted by atomic mass is 9.98. The molecule has 3 atom stereocenters. The molecule has 2 nitrogen and oxygen atoms in total. The molecule has 1 aliphatic carbocycles. The van der Waals surface area contributed by atoms with E-state index in [1.807, 2.05) is 0 Å². The number of hydrogen-bond donors (Lipinski definition) is 1. The maximum absolute atomic E-state index is 12.8. The SMILES string of the molecule is NS(=O)[C@@H]1CCCC[C@@H]1F. The molecule has 1 rings (SSSR count). The van der Waals surface area contributed by atoms with Gasteiger partial charge in [-0.1, -0.05) is 12.8 Å². The molecule has 0 heterocycles. The normalized spacial score (nSPS) is 37.4. The minimum absolute atomic E-state index is 0.395. The fourth-order valence-electron chi connectivity index (χ4n) is 1.31. The quantitative estimate of drug-likeness (QED) is 0.616. The highest BCUT2D eigenvalue weighted by atomic mass is 32.2. The van der Waals surface area contributed by atoms with Crippen LogP contribution in [0.2, 0.25) is 0 Å². The summed E-state index contributed by atoms with van der Waals surface area (Å²) in [5.41, 5.74) is 0. The minimum Gasteiger partial charge on any atom is -0.251 e. The summed E-state index contributed by atoms with van der Waals surface area (Å²) in [6.45, 7) is 0.